The molecule has 268 valence electrons. The van der Waals surface area contributed by atoms with Gasteiger partial charge >= 0.3 is 0 Å². The van der Waals surface area contributed by atoms with Crippen LogP contribution in [0.3, 0.4) is 0 Å². The third kappa shape index (κ3) is 16.9. The standard InChI is InChI=1S/C21H20O9S.C16H36N/c1-28-20-11-14(5-9-18(20)24)3-7-16(22)13-17(23)8-4-15-6-10-19(21(12-15)29-2)30-31(25,26)27;1-5-9-13-17(14-10-6-2,15-11-7-3)16-12-8-4/h3-12,24H,13H2,1-2H3,(H,25,26,27);5-16H2,1-4H3/q;+1/p-1/b7-3+,8-4+;. The summed E-state index contributed by atoms with van der Waals surface area (Å²) in [7, 11) is -2.30. The van der Waals surface area contributed by atoms with Gasteiger partial charge in [-0.1, -0.05) is 77.7 Å². The third-order valence-corrected chi connectivity index (χ3v) is 8.18. The topological polar surface area (TPSA) is 139 Å². The largest absolute Gasteiger partial charge is 0.716 e. The van der Waals surface area contributed by atoms with Crippen molar-refractivity contribution in [1.29, 1.82) is 0 Å². The van der Waals surface area contributed by atoms with Crippen LogP contribution in [0.15, 0.2) is 48.6 Å². The van der Waals surface area contributed by atoms with Crippen LogP contribution in [-0.4, -0.2) is 74.5 Å². The first-order valence-electron chi connectivity index (χ1n) is 16.8. The molecule has 0 fully saturated rings. The Morgan fingerprint density at radius 1 is 0.708 bits per heavy atom. The van der Waals surface area contributed by atoms with E-state index < -0.39 is 22.0 Å². The number of ketones is 2. The van der Waals surface area contributed by atoms with E-state index in [1.165, 1.54) is 145 Å². The number of quaternary nitrogens is 1. The first-order chi connectivity index (χ1) is 22.8. The Bertz CT molecular complexity index is 1400. The molecule has 2 aromatic carbocycles. The van der Waals surface area contributed by atoms with Crippen molar-refractivity contribution in [3.05, 3.63) is 59.7 Å². The minimum atomic E-state index is -4.96. The zero-order chi connectivity index (χ0) is 36.0. The molecule has 0 aliphatic rings. The van der Waals surface area contributed by atoms with Gasteiger partial charge in [-0.15, -0.1) is 0 Å². The van der Waals surface area contributed by atoms with Crippen molar-refractivity contribution in [3.8, 4) is 23.0 Å². The fourth-order valence-electron chi connectivity index (χ4n) is 5.08. The van der Waals surface area contributed by atoms with Gasteiger partial charge in [0.15, 0.2) is 34.6 Å². The summed E-state index contributed by atoms with van der Waals surface area (Å²) >= 11 is 0. The van der Waals surface area contributed by atoms with Gasteiger partial charge in [-0.2, -0.15) is 0 Å². The van der Waals surface area contributed by atoms with Crippen LogP contribution >= 0.6 is 0 Å². The average molecular weight is 690 g/mol. The van der Waals surface area contributed by atoms with E-state index in [9.17, 15) is 27.7 Å². The zero-order valence-corrected chi connectivity index (χ0v) is 30.4. The average Bonchev–Trinajstić information content (AvgIpc) is 3.06. The molecule has 2 aromatic rings. The summed E-state index contributed by atoms with van der Waals surface area (Å²) < 4.78 is 47.8. The van der Waals surface area contributed by atoms with Crippen molar-refractivity contribution < 1.29 is 45.8 Å². The summed E-state index contributed by atoms with van der Waals surface area (Å²) in [6.07, 6.45) is 16.0. The lowest BCUT2D eigenvalue weighted by Crippen LogP contribution is -2.50. The molecule has 0 saturated heterocycles. The Kier molecular flexibility index (Phi) is 20.1. The molecule has 0 aliphatic carbocycles. The first-order valence-corrected chi connectivity index (χ1v) is 18.2. The van der Waals surface area contributed by atoms with Gasteiger partial charge in [-0.05, 0) is 73.2 Å². The number of aromatic hydroxyl groups is 1. The van der Waals surface area contributed by atoms with E-state index >= 15 is 0 Å². The van der Waals surface area contributed by atoms with E-state index in [0.29, 0.717) is 11.1 Å². The Hall–Kier alpha value is -3.67. The Morgan fingerprint density at radius 3 is 1.52 bits per heavy atom. The Morgan fingerprint density at radius 2 is 1.12 bits per heavy atom. The number of phenols is 1. The van der Waals surface area contributed by atoms with Gasteiger partial charge in [0.2, 0.25) is 0 Å². The first kappa shape index (κ1) is 42.4. The van der Waals surface area contributed by atoms with Gasteiger partial charge in [0.1, 0.15) is 0 Å². The van der Waals surface area contributed by atoms with Gasteiger partial charge in [0.25, 0.3) is 10.4 Å². The molecular formula is C37H55NO9S. The van der Waals surface area contributed by atoms with E-state index in [2.05, 4.69) is 31.9 Å². The van der Waals surface area contributed by atoms with Crippen LogP contribution in [0.4, 0.5) is 0 Å². The molecular weight excluding hydrogens is 634 g/mol. The van der Waals surface area contributed by atoms with Crippen molar-refractivity contribution in [1.82, 2.24) is 0 Å². The number of rotatable bonds is 22. The molecule has 2 rings (SSSR count). The highest BCUT2D eigenvalue weighted by molar-refractivity contribution is 7.81. The third-order valence-electron chi connectivity index (χ3n) is 7.80. The summed E-state index contributed by atoms with van der Waals surface area (Å²) in [4.78, 5) is 24.0. The number of allylic oxidation sites excluding steroid dienone is 2. The van der Waals surface area contributed by atoms with Crippen molar-refractivity contribution >= 4 is 34.1 Å². The van der Waals surface area contributed by atoms with Gasteiger partial charge in [0.05, 0.1) is 46.8 Å². The van der Waals surface area contributed by atoms with E-state index in [4.69, 9.17) is 9.47 Å². The number of benzene rings is 2. The number of methoxy groups -OCH3 is 2. The smallest absolute Gasteiger partial charge is 0.262 e. The maximum Gasteiger partial charge on any atom is 0.262 e. The number of hydrogen-bond acceptors (Lipinski definition) is 9. The second-order valence-electron chi connectivity index (χ2n) is 11.8. The highest BCUT2D eigenvalue weighted by Crippen LogP contribution is 2.30. The SMILES string of the molecule is CCCC[N+](CCCC)(CCCC)CCCC.COc1cc(/C=C/C(=O)CC(=O)/C=C/c2ccc(OS(=O)(=O)[O-])c(OC)c2)ccc1O. The van der Waals surface area contributed by atoms with Crippen molar-refractivity contribution in [2.24, 2.45) is 0 Å². The molecule has 0 unspecified atom stereocenters. The molecule has 10 nitrogen and oxygen atoms in total. The molecule has 0 saturated carbocycles. The molecule has 0 heterocycles. The van der Waals surface area contributed by atoms with Crippen LogP contribution in [0.1, 0.15) is 96.6 Å². The lowest BCUT2D eigenvalue weighted by Gasteiger charge is -2.39. The molecule has 0 radical (unpaired) electrons. The monoisotopic (exact) mass is 689 g/mol. The van der Waals surface area contributed by atoms with Gasteiger partial charge in [-0.25, -0.2) is 8.42 Å². The van der Waals surface area contributed by atoms with Crippen LogP contribution < -0.4 is 13.7 Å². The molecule has 0 atom stereocenters. The predicted octanol–water partition coefficient (Wildman–Crippen LogP) is 7.51. The predicted molar refractivity (Wildman–Crippen MR) is 190 cm³/mol. The van der Waals surface area contributed by atoms with Crippen molar-refractivity contribution in [2.75, 3.05) is 40.4 Å². The van der Waals surface area contributed by atoms with Gasteiger partial charge in [-0.3, -0.25) is 9.59 Å². The second kappa shape index (κ2) is 22.8. The van der Waals surface area contributed by atoms with Crippen LogP contribution in [0.2, 0.25) is 0 Å². The maximum atomic E-state index is 12.0. The number of phenolic OH excluding ortho intramolecular Hbond substituents is 1. The number of carbonyl (C=O) groups excluding carboxylic acids is 2. The molecule has 11 heteroatoms. The lowest BCUT2D eigenvalue weighted by atomic mass is 10.1. The van der Waals surface area contributed by atoms with Crippen LogP contribution in [0.5, 0.6) is 23.0 Å². The van der Waals surface area contributed by atoms with Crippen LogP contribution in [0, 0.1) is 0 Å². The van der Waals surface area contributed by atoms with Crippen molar-refractivity contribution in [3.63, 3.8) is 0 Å². The van der Waals surface area contributed by atoms with E-state index in [1.54, 1.807) is 12.1 Å². The zero-order valence-electron chi connectivity index (χ0n) is 29.5. The van der Waals surface area contributed by atoms with Crippen molar-refractivity contribution in [2.45, 2.75) is 85.5 Å². The summed E-state index contributed by atoms with van der Waals surface area (Å²) in [5, 5.41) is 9.56. The van der Waals surface area contributed by atoms with E-state index in [0.717, 1.165) is 0 Å². The van der Waals surface area contributed by atoms with Crippen LogP contribution in [-0.2, 0) is 20.0 Å². The quantitative estimate of drug-likeness (QED) is 0.0437. The lowest BCUT2D eigenvalue weighted by molar-refractivity contribution is -0.929. The Labute approximate surface area is 288 Å². The van der Waals surface area contributed by atoms with E-state index in [1.807, 2.05) is 0 Å². The fourth-order valence-corrected chi connectivity index (χ4v) is 5.43. The highest BCUT2D eigenvalue weighted by Gasteiger charge is 2.24. The molecule has 0 bridgehead atoms. The summed E-state index contributed by atoms with van der Waals surface area (Å²) in [6.45, 7) is 15.0. The maximum absolute atomic E-state index is 12.0. The Balaban J connectivity index is 0.000000576. The molecule has 48 heavy (non-hydrogen) atoms. The normalized spacial score (nSPS) is 11.7. The molecule has 0 aromatic heterocycles. The highest BCUT2D eigenvalue weighted by atomic mass is 32.3. The second-order valence-corrected chi connectivity index (χ2v) is 12.7. The number of hydrogen-bond donors (Lipinski definition) is 1. The molecule has 0 amide bonds. The van der Waals surface area contributed by atoms with E-state index in [-0.39, 0.29) is 29.4 Å². The van der Waals surface area contributed by atoms with Gasteiger partial charge in [0, 0.05) is 0 Å². The van der Waals surface area contributed by atoms with Crippen LogP contribution in [0.25, 0.3) is 12.2 Å². The van der Waals surface area contributed by atoms with Gasteiger partial charge < -0.3 is 27.8 Å². The molecule has 1 N–H and O–H groups in total. The number of ether oxygens (including phenoxy) is 2. The summed E-state index contributed by atoms with van der Waals surface area (Å²) in [6, 6.07) is 8.53. The molecule has 0 aliphatic heterocycles. The number of nitrogens with zero attached hydrogens (tertiary/aromatic N) is 1. The summed E-state index contributed by atoms with van der Waals surface area (Å²) in [5.74, 6) is -0.960. The number of carbonyl (C=O) groups is 2. The minimum Gasteiger partial charge on any atom is -0.716 e. The summed E-state index contributed by atoms with van der Waals surface area (Å²) in [5.41, 5.74) is 1.07. The fraction of sp³-hybridized carbons (Fsp3) is 0.514. The minimum absolute atomic E-state index is 0.0163. The molecule has 0 spiro atoms. The number of unbranched alkanes of at least 4 members (excludes halogenated alkanes) is 4.